The molecule has 0 aromatic heterocycles. The summed E-state index contributed by atoms with van der Waals surface area (Å²) in [4.78, 5) is 0.203. The summed E-state index contributed by atoms with van der Waals surface area (Å²) in [7, 11) is -3.66. The van der Waals surface area contributed by atoms with Gasteiger partial charge in [0.25, 0.3) is 0 Å². The minimum absolute atomic E-state index is 0.194. The Hall–Kier alpha value is -1.69. The van der Waals surface area contributed by atoms with Crippen molar-refractivity contribution in [3.8, 4) is 0 Å². The number of aryl methyl sites for hydroxylation is 2. The smallest absolute Gasteiger partial charge is 0.238 e. The molecular weight excluding hydrogens is 320 g/mol. The molecule has 1 aliphatic rings. The molecule has 4 nitrogen and oxygen atoms in total. The topological polar surface area (TPSA) is 72.2 Å². The summed E-state index contributed by atoms with van der Waals surface area (Å²) in [5, 5.41) is 8.88. The van der Waals surface area contributed by atoms with Crippen LogP contribution in [0.15, 0.2) is 47.4 Å². The third-order valence-electron chi connectivity index (χ3n) is 4.81. The highest BCUT2D eigenvalue weighted by Crippen LogP contribution is 2.31. The Morgan fingerprint density at radius 2 is 2.00 bits per heavy atom. The van der Waals surface area contributed by atoms with Gasteiger partial charge < -0.3 is 5.32 Å². The number of rotatable bonds is 5. The van der Waals surface area contributed by atoms with Crippen LogP contribution in [0.5, 0.6) is 0 Å². The highest BCUT2D eigenvalue weighted by atomic mass is 32.2. The number of nitrogens with two attached hydrogens (primary N) is 1. The Bertz CT molecular complexity index is 831. The minimum Gasteiger partial charge on any atom is -0.310 e. The SMILES string of the molecule is Cc1ccccc1CCNC1CCCc2ccc(S(N)(=O)=O)cc21. The van der Waals surface area contributed by atoms with E-state index < -0.39 is 10.0 Å². The van der Waals surface area contributed by atoms with Gasteiger partial charge in [-0.2, -0.15) is 0 Å². The van der Waals surface area contributed by atoms with Crippen LogP contribution < -0.4 is 10.5 Å². The number of nitrogens with one attached hydrogen (secondary N) is 1. The monoisotopic (exact) mass is 344 g/mol. The van der Waals surface area contributed by atoms with Crippen LogP contribution in [0.2, 0.25) is 0 Å². The molecule has 0 radical (unpaired) electrons. The maximum absolute atomic E-state index is 11.6. The van der Waals surface area contributed by atoms with E-state index in [4.69, 9.17) is 5.14 Å². The summed E-state index contributed by atoms with van der Waals surface area (Å²) in [6, 6.07) is 13.9. The molecule has 0 amide bonds. The Labute approximate surface area is 144 Å². The van der Waals surface area contributed by atoms with Crippen molar-refractivity contribution in [3.63, 3.8) is 0 Å². The molecule has 1 atom stereocenters. The van der Waals surface area contributed by atoms with Crippen molar-refractivity contribution in [2.45, 2.75) is 43.5 Å². The number of sulfonamides is 1. The van der Waals surface area contributed by atoms with Crippen molar-refractivity contribution in [3.05, 3.63) is 64.7 Å². The molecule has 0 saturated carbocycles. The minimum atomic E-state index is -3.66. The lowest BCUT2D eigenvalue weighted by molar-refractivity contribution is 0.461. The number of benzene rings is 2. The molecule has 0 bridgehead atoms. The van der Waals surface area contributed by atoms with E-state index in [1.165, 1.54) is 16.7 Å². The maximum atomic E-state index is 11.6. The van der Waals surface area contributed by atoms with Gasteiger partial charge in [-0.15, -0.1) is 0 Å². The molecule has 3 rings (SSSR count). The second kappa shape index (κ2) is 7.05. The van der Waals surface area contributed by atoms with Crippen molar-refractivity contribution in [1.82, 2.24) is 5.32 Å². The van der Waals surface area contributed by atoms with Crippen LogP contribution in [0.1, 0.15) is 41.1 Å². The Morgan fingerprint density at radius 3 is 2.75 bits per heavy atom. The zero-order chi connectivity index (χ0) is 17.2. The zero-order valence-corrected chi connectivity index (χ0v) is 14.8. The first-order valence-corrected chi connectivity index (χ1v) is 9.93. The van der Waals surface area contributed by atoms with E-state index in [1.807, 2.05) is 6.07 Å². The first-order valence-electron chi connectivity index (χ1n) is 8.38. The molecule has 24 heavy (non-hydrogen) atoms. The molecule has 0 heterocycles. The van der Waals surface area contributed by atoms with Crippen molar-refractivity contribution >= 4 is 10.0 Å². The van der Waals surface area contributed by atoms with Crippen LogP contribution >= 0.6 is 0 Å². The maximum Gasteiger partial charge on any atom is 0.238 e. The number of hydrogen-bond acceptors (Lipinski definition) is 3. The standard InChI is InChI=1S/C19H24N2O2S/c1-14-5-2-3-6-15(14)11-12-21-19-8-4-7-16-9-10-17(13-18(16)19)24(20,22)23/h2-3,5-6,9-10,13,19,21H,4,7-8,11-12H2,1H3,(H2,20,22,23). The molecule has 1 unspecified atom stereocenters. The lowest BCUT2D eigenvalue weighted by Gasteiger charge is -2.27. The van der Waals surface area contributed by atoms with Gasteiger partial charge in [-0.3, -0.25) is 0 Å². The second-order valence-corrected chi connectivity index (χ2v) is 8.04. The molecule has 1 aliphatic carbocycles. The second-order valence-electron chi connectivity index (χ2n) is 6.48. The van der Waals surface area contributed by atoms with Gasteiger partial charge in [0, 0.05) is 6.04 Å². The van der Waals surface area contributed by atoms with Crippen LogP contribution in [-0.2, 0) is 22.9 Å². The van der Waals surface area contributed by atoms with Gasteiger partial charge in [0.1, 0.15) is 0 Å². The van der Waals surface area contributed by atoms with Crippen LogP contribution in [0.4, 0.5) is 0 Å². The Kier molecular flexibility index (Phi) is 5.04. The molecule has 2 aromatic carbocycles. The fourth-order valence-electron chi connectivity index (χ4n) is 3.44. The molecule has 0 spiro atoms. The highest BCUT2D eigenvalue weighted by molar-refractivity contribution is 7.89. The van der Waals surface area contributed by atoms with Crippen molar-refractivity contribution in [2.75, 3.05) is 6.54 Å². The van der Waals surface area contributed by atoms with E-state index in [2.05, 4.69) is 36.5 Å². The first-order chi connectivity index (χ1) is 11.4. The van der Waals surface area contributed by atoms with Gasteiger partial charge in [-0.1, -0.05) is 30.3 Å². The van der Waals surface area contributed by atoms with Crippen molar-refractivity contribution in [2.24, 2.45) is 5.14 Å². The lowest BCUT2D eigenvalue weighted by Crippen LogP contribution is -2.27. The quantitative estimate of drug-likeness (QED) is 0.876. The fraction of sp³-hybridized carbons (Fsp3) is 0.368. The van der Waals surface area contributed by atoms with Crippen LogP contribution in [0.3, 0.4) is 0 Å². The number of hydrogen-bond donors (Lipinski definition) is 2. The van der Waals surface area contributed by atoms with Gasteiger partial charge in [0.2, 0.25) is 10.0 Å². The Morgan fingerprint density at radius 1 is 1.21 bits per heavy atom. The predicted octanol–water partition coefficient (Wildman–Crippen LogP) is 2.85. The van der Waals surface area contributed by atoms with E-state index in [-0.39, 0.29) is 10.9 Å². The molecule has 0 fully saturated rings. The van der Waals surface area contributed by atoms with Gasteiger partial charge in [-0.25, -0.2) is 13.6 Å². The average Bonchev–Trinajstić information content (AvgIpc) is 2.55. The van der Waals surface area contributed by atoms with Crippen LogP contribution in [0.25, 0.3) is 0 Å². The average molecular weight is 344 g/mol. The fourth-order valence-corrected chi connectivity index (χ4v) is 3.99. The van der Waals surface area contributed by atoms with E-state index in [0.717, 1.165) is 37.8 Å². The number of primary sulfonamides is 1. The summed E-state index contributed by atoms with van der Waals surface area (Å²) in [6.07, 6.45) is 4.10. The van der Waals surface area contributed by atoms with Crippen LogP contribution in [0, 0.1) is 6.92 Å². The summed E-state index contributed by atoms with van der Waals surface area (Å²) < 4.78 is 23.2. The molecule has 3 N–H and O–H groups in total. The third kappa shape index (κ3) is 3.86. The number of fused-ring (bicyclic) bond motifs is 1. The van der Waals surface area contributed by atoms with Gasteiger partial charge in [0.05, 0.1) is 4.90 Å². The highest BCUT2D eigenvalue weighted by Gasteiger charge is 2.22. The van der Waals surface area contributed by atoms with E-state index in [0.29, 0.717) is 0 Å². The predicted molar refractivity (Wildman–Crippen MR) is 96.4 cm³/mol. The molecular formula is C19H24N2O2S. The normalized spacial score (nSPS) is 17.5. The molecule has 0 saturated heterocycles. The molecule has 128 valence electrons. The van der Waals surface area contributed by atoms with E-state index in [1.54, 1.807) is 12.1 Å². The lowest BCUT2D eigenvalue weighted by atomic mass is 9.87. The van der Waals surface area contributed by atoms with Crippen LogP contribution in [-0.4, -0.2) is 15.0 Å². The summed E-state index contributed by atoms with van der Waals surface area (Å²) >= 11 is 0. The first kappa shape index (κ1) is 17.1. The Balaban J connectivity index is 1.73. The van der Waals surface area contributed by atoms with E-state index >= 15 is 0 Å². The largest absolute Gasteiger partial charge is 0.310 e. The third-order valence-corrected chi connectivity index (χ3v) is 5.72. The molecule has 5 heteroatoms. The van der Waals surface area contributed by atoms with Crippen molar-refractivity contribution in [1.29, 1.82) is 0 Å². The van der Waals surface area contributed by atoms with E-state index in [9.17, 15) is 8.42 Å². The summed E-state index contributed by atoms with van der Waals surface area (Å²) in [6.45, 7) is 3.00. The summed E-state index contributed by atoms with van der Waals surface area (Å²) in [5.41, 5.74) is 4.96. The zero-order valence-electron chi connectivity index (χ0n) is 14.0. The van der Waals surface area contributed by atoms with Gasteiger partial charge >= 0.3 is 0 Å². The van der Waals surface area contributed by atoms with Gasteiger partial charge in [0.15, 0.2) is 0 Å². The molecule has 2 aromatic rings. The summed E-state index contributed by atoms with van der Waals surface area (Å²) in [5.74, 6) is 0. The van der Waals surface area contributed by atoms with Crippen molar-refractivity contribution < 1.29 is 8.42 Å². The van der Waals surface area contributed by atoms with Gasteiger partial charge in [-0.05, 0) is 73.5 Å². The molecule has 0 aliphatic heterocycles.